The number of hydrogen-bond acceptors (Lipinski definition) is 3. The second-order valence-electron chi connectivity index (χ2n) is 5.21. The molecule has 1 saturated heterocycles. The maximum absolute atomic E-state index is 13.2. The fraction of sp³-hybridized carbons (Fsp3) is 0.571. The SMILES string of the molecule is FC(F)(F)c1cc2c(cc1CC1CCCCN1)OCO2. The third kappa shape index (κ3) is 2.70. The highest BCUT2D eigenvalue weighted by Crippen LogP contribution is 2.41. The van der Waals surface area contributed by atoms with Crippen LogP contribution in [-0.2, 0) is 12.6 Å². The number of hydrogen-bond donors (Lipinski definition) is 1. The molecule has 1 N–H and O–H groups in total. The molecule has 2 aliphatic rings. The van der Waals surface area contributed by atoms with Crippen LogP contribution in [0.3, 0.4) is 0 Å². The van der Waals surface area contributed by atoms with Gasteiger partial charge in [0.15, 0.2) is 11.5 Å². The fourth-order valence-electron chi connectivity index (χ4n) is 2.78. The molecule has 3 nitrogen and oxygen atoms in total. The number of halogens is 3. The summed E-state index contributed by atoms with van der Waals surface area (Å²) in [5.74, 6) is 0.585. The Morgan fingerprint density at radius 3 is 2.55 bits per heavy atom. The molecule has 0 aliphatic carbocycles. The predicted octanol–water partition coefficient (Wildman–Crippen LogP) is 3.12. The largest absolute Gasteiger partial charge is 0.454 e. The van der Waals surface area contributed by atoms with Gasteiger partial charge in [-0.25, -0.2) is 0 Å². The van der Waals surface area contributed by atoms with E-state index in [0.717, 1.165) is 31.9 Å². The smallest absolute Gasteiger partial charge is 0.416 e. The third-order valence-electron chi connectivity index (χ3n) is 3.78. The van der Waals surface area contributed by atoms with Gasteiger partial charge in [-0.3, -0.25) is 0 Å². The van der Waals surface area contributed by atoms with Gasteiger partial charge in [0.25, 0.3) is 0 Å². The second kappa shape index (κ2) is 5.16. The highest BCUT2D eigenvalue weighted by molar-refractivity contribution is 5.50. The van der Waals surface area contributed by atoms with Crippen molar-refractivity contribution in [1.82, 2.24) is 5.32 Å². The molecule has 1 fully saturated rings. The molecular formula is C14H16F3NO2. The topological polar surface area (TPSA) is 30.5 Å². The zero-order valence-corrected chi connectivity index (χ0v) is 10.9. The number of rotatable bonds is 2. The summed E-state index contributed by atoms with van der Waals surface area (Å²) >= 11 is 0. The minimum Gasteiger partial charge on any atom is -0.454 e. The van der Waals surface area contributed by atoms with Crippen LogP contribution in [0.2, 0.25) is 0 Å². The first-order valence-electron chi connectivity index (χ1n) is 6.77. The van der Waals surface area contributed by atoms with E-state index in [9.17, 15) is 13.2 Å². The van der Waals surface area contributed by atoms with Gasteiger partial charge in [-0.2, -0.15) is 13.2 Å². The molecule has 0 spiro atoms. The minimum atomic E-state index is -4.37. The normalized spacial score (nSPS) is 22.1. The average Bonchev–Trinajstić information content (AvgIpc) is 2.85. The van der Waals surface area contributed by atoms with E-state index >= 15 is 0 Å². The number of fused-ring (bicyclic) bond motifs is 1. The van der Waals surface area contributed by atoms with E-state index in [2.05, 4.69) is 5.32 Å². The van der Waals surface area contributed by atoms with E-state index < -0.39 is 11.7 Å². The standard InChI is InChI=1S/C14H16F3NO2/c15-14(16,17)11-7-13-12(19-8-20-13)6-9(11)5-10-3-1-2-4-18-10/h6-7,10,18H,1-5,8H2. The van der Waals surface area contributed by atoms with E-state index in [4.69, 9.17) is 9.47 Å². The number of nitrogens with one attached hydrogen (secondary N) is 1. The molecule has 1 aromatic rings. The Bertz CT molecular complexity index is 496. The Morgan fingerprint density at radius 1 is 1.15 bits per heavy atom. The monoisotopic (exact) mass is 287 g/mol. The van der Waals surface area contributed by atoms with Crippen molar-refractivity contribution in [1.29, 1.82) is 0 Å². The highest BCUT2D eigenvalue weighted by atomic mass is 19.4. The third-order valence-corrected chi connectivity index (χ3v) is 3.78. The van der Waals surface area contributed by atoms with E-state index in [1.807, 2.05) is 0 Å². The van der Waals surface area contributed by atoms with E-state index in [0.29, 0.717) is 12.2 Å². The number of piperidine rings is 1. The zero-order chi connectivity index (χ0) is 14.2. The number of alkyl halides is 3. The van der Waals surface area contributed by atoms with Crippen LogP contribution in [0.15, 0.2) is 12.1 Å². The summed E-state index contributed by atoms with van der Waals surface area (Å²) < 4.78 is 49.7. The molecule has 6 heteroatoms. The molecule has 0 radical (unpaired) electrons. The van der Waals surface area contributed by atoms with Crippen LogP contribution in [0.5, 0.6) is 11.5 Å². The lowest BCUT2D eigenvalue weighted by molar-refractivity contribution is -0.138. The molecule has 0 bridgehead atoms. The van der Waals surface area contributed by atoms with Crippen LogP contribution in [0.1, 0.15) is 30.4 Å². The minimum absolute atomic E-state index is 0.0161. The van der Waals surface area contributed by atoms with E-state index in [1.54, 1.807) is 0 Å². The fourth-order valence-corrected chi connectivity index (χ4v) is 2.78. The first-order valence-corrected chi connectivity index (χ1v) is 6.77. The molecule has 20 heavy (non-hydrogen) atoms. The van der Waals surface area contributed by atoms with Crippen LogP contribution < -0.4 is 14.8 Å². The zero-order valence-electron chi connectivity index (χ0n) is 10.9. The van der Waals surface area contributed by atoms with Gasteiger partial charge in [-0.1, -0.05) is 6.42 Å². The van der Waals surface area contributed by atoms with Crippen molar-refractivity contribution in [3.05, 3.63) is 23.3 Å². The van der Waals surface area contributed by atoms with Crippen molar-refractivity contribution in [2.45, 2.75) is 37.9 Å². The van der Waals surface area contributed by atoms with Crippen molar-refractivity contribution in [2.24, 2.45) is 0 Å². The van der Waals surface area contributed by atoms with Gasteiger partial charge in [0.2, 0.25) is 6.79 Å². The molecule has 0 aromatic heterocycles. The van der Waals surface area contributed by atoms with Crippen molar-refractivity contribution < 1.29 is 22.6 Å². The Labute approximate surface area is 115 Å². The molecule has 0 saturated carbocycles. The molecule has 3 rings (SSSR count). The highest BCUT2D eigenvalue weighted by Gasteiger charge is 2.36. The first kappa shape index (κ1) is 13.5. The van der Waals surface area contributed by atoms with Crippen molar-refractivity contribution in [3.8, 4) is 11.5 Å². The molecule has 0 amide bonds. The molecular weight excluding hydrogens is 271 g/mol. The molecule has 1 atom stereocenters. The van der Waals surface area contributed by atoms with Crippen LogP contribution in [0.4, 0.5) is 13.2 Å². The van der Waals surface area contributed by atoms with Crippen molar-refractivity contribution >= 4 is 0 Å². The van der Waals surface area contributed by atoms with Crippen LogP contribution in [-0.4, -0.2) is 19.4 Å². The summed E-state index contributed by atoms with van der Waals surface area (Å²) in [5.41, 5.74) is -0.338. The molecule has 110 valence electrons. The van der Waals surface area contributed by atoms with Gasteiger partial charge in [-0.15, -0.1) is 0 Å². The van der Waals surface area contributed by atoms with E-state index in [-0.39, 0.29) is 24.1 Å². The number of benzene rings is 1. The quantitative estimate of drug-likeness (QED) is 0.906. The maximum atomic E-state index is 13.2. The summed E-state index contributed by atoms with van der Waals surface area (Å²) in [6, 6.07) is 2.63. The summed E-state index contributed by atoms with van der Waals surface area (Å²) in [6.45, 7) is 0.855. The Kier molecular flexibility index (Phi) is 3.50. The molecule has 1 unspecified atom stereocenters. The lowest BCUT2D eigenvalue weighted by Gasteiger charge is -2.25. The number of ether oxygens (including phenoxy) is 2. The summed E-state index contributed by atoms with van der Waals surface area (Å²) in [5, 5.41) is 3.27. The lowest BCUT2D eigenvalue weighted by Crippen LogP contribution is -2.36. The molecule has 2 aliphatic heterocycles. The predicted molar refractivity (Wildman–Crippen MR) is 66.9 cm³/mol. The Morgan fingerprint density at radius 2 is 1.90 bits per heavy atom. The van der Waals surface area contributed by atoms with Crippen LogP contribution in [0.25, 0.3) is 0 Å². The Hall–Kier alpha value is -1.43. The summed E-state index contributed by atoms with van der Waals surface area (Å²) in [6.07, 6.45) is -0.949. The van der Waals surface area contributed by atoms with Gasteiger partial charge >= 0.3 is 6.18 Å². The summed E-state index contributed by atoms with van der Waals surface area (Å²) in [7, 11) is 0. The first-order chi connectivity index (χ1) is 9.54. The van der Waals surface area contributed by atoms with Crippen LogP contribution in [0, 0.1) is 0 Å². The van der Waals surface area contributed by atoms with Crippen molar-refractivity contribution in [3.63, 3.8) is 0 Å². The lowest BCUT2D eigenvalue weighted by atomic mass is 9.94. The van der Waals surface area contributed by atoms with Gasteiger partial charge in [0.05, 0.1) is 5.56 Å². The van der Waals surface area contributed by atoms with Gasteiger partial charge in [0.1, 0.15) is 0 Å². The average molecular weight is 287 g/mol. The van der Waals surface area contributed by atoms with Gasteiger partial charge < -0.3 is 14.8 Å². The van der Waals surface area contributed by atoms with E-state index in [1.165, 1.54) is 6.07 Å². The second-order valence-corrected chi connectivity index (χ2v) is 5.21. The van der Waals surface area contributed by atoms with Crippen LogP contribution >= 0.6 is 0 Å². The maximum Gasteiger partial charge on any atom is 0.416 e. The summed E-state index contributed by atoms with van der Waals surface area (Å²) in [4.78, 5) is 0. The van der Waals surface area contributed by atoms with Gasteiger partial charge in [0, 0.05) is 6.04 Å². The van der Waals surface area contributed by atoms with Gasteiger partial charge in [-0.05, 0) is 43.5 Å². The Balaban J connectivity index is 1.91. The van der Waals surface area contributed by atoms with Crippen molar-refractivity contribution in [2.75, 3.05) is 13.3 Å². The molecule has 1 aromatic carbocycles. The molecule has 2 heterocycles.